The molecule has 8 rings (SSSR count). The van der Waals surface area contributed by atoms with E-state index >= 15 is 0 Å². The van der Waals surface area contributed by atoms with Crippen molar-refractivity contribution in [1.29, 1.82) is 0 Å². The van der Waals surface area contributed by atoms with Crippen molar-refractivity contribution < 1.29 is 0 Å². The molecule has 0 spiro atoms. The summed E-state index contributed by atoms with van der Waals surface area (Å²) in [6, 6.07) is 52.9. The van der Waals surface area contributed by atoms with Gasteiger partial charge >= 0.3 is 0 Å². The lowest BCUT2D eigenvalue weighted by Crippen LogP contribution is -1.93. The number of hydrogen-bond donors (Lipinski definition) is 1. The van der Waals surface area contributed by atoms with Crippen LogP contribution in [0.2, 0.25) is 0 Å². The Hall–Kier alpha value is -5.40. The van der Waals surface area contributed by atoms with E-state index in [0.717, 1.165) is 0 Å². The van der Waals surface area contributed by atoms with Crippen LogP contribution in [0.25, 0.3) is 76.8 Å². The standard InChI is InChI=1S/C40H27N/c1-2-12-27(13-3-1)39-34-18-8-10-20-36(34)40(37-21-11-9-19-35(37)39)38-23-22-33(31-16-6-7-17-32(31)38)30-15-5-4-14-29(30)28-24-25-41-26-28/h1-26,41H. The highest BCUT2D eigenvalue weighted by atomic mass is 14.6. The summed E-state index contributed by atoms with van der Waals surface area (Å²) < 4.78 is 0. The van der Waals surface area contributed by atoms with E-state index in [0.29, 0.717) is 0 Å². The maximum absolute atomic E-state index is 3.23. The minimum atomic E-state index is 1.20. The molecule has 0 bridgehead atoms. The second kappa shape index (κ2) is 9.66. The molecule has 1 aromatic heterocycles. The minimum absolute atomic E-state index is 1.20. The monoisotopic (exact) mass is 521 g/mol. The first kappa shape index (κ1) is 23.5. The zero-order valence-corrected chi connectivity index (χ0v) is 22.5. The third-order valence-corrected chi connectivity index (χ3v) is 8.31. The van der Waals surface area contributed by atoms with E-state index < -0.39 is 0 Å². The summed E-state index contributed by atoms with van der Waals surface area (Å²) in [5, 5.41) is 7.62. The molecule has 1 heterocycles. The van der Waals surface area contributed by atoms with Gasteiger partial charge in [-0.05, 0) is 82.9 Å². The fourth-order valence-corrected chi connectivity index (χ4v) is 6.55. The molecule has 0 saturated carbocycles. The van der Waals surface area contributed by atoms with E-state index in [1.165, 1.54) is 76.8 Å². The maximum atomic E-state index is 3.23. The number of hydrogen-bond acceptors (Lipinski definition) is 0. The van der Waals surface area contributed by atoms with Crippen molar-refractivity contribution >= 4 is 32.3 Å². The van der Waals surface area contributed by atoms with Gasteiger partial charge in [0, 0.05) is 12.4 Å². The first-order valence-electron chi connectivity index (χ1n) is 14.1. The molecule has 0 amide bonds. The predicted octanol–water partition coefficient (Wildman–Crippen LogP) is 11.1. The van der Waals surface area contributed by atoms with Crippen LogP contribution in [0.3, 0.4) is 0 Å². The lowest BCUT2D eigenvalue weighted by Gasteiger charge is -2.20. The molecule has 0 unspecified atom stereocenters. The molecule has 1 nitrogen and oxygen atoms in total. The molecule has 0 atom stereocenters. The van der Waals surface area contributed by atoms with Crippen LogP contribution < -0.4 is 0 Å². The smallest absolute Gasteiger partial charge is 0.00843 e. The van der Waals surface area contributed by atoms with Crippen LogP contribution in [0.1, 0.15) is 0 Å². The van der Waals surface area contributed by atoms with Crippen LogP contribution in [0.4, 0.5) is 0 Å². The summed E-state index contributed by atoms with van der Waals surface area (Å²) in [6.07, 6.45) is 4.06. The molecule has 0 aliphatic carbocycles. The van der Waals surface area contributed by atoms with Crippen LogP contribution in [-0.4, -0.2) is 4.98 Å². The van der Waals surface area contributed by atoms with Crippen molar-refractivity contribution in [3.63, 3.8) is 0 Å². The number of aromatic amines is 1. The van der Waals surface area contributed by atoms with Crippen molar-refractivity contribution in [2.75, 3.05) is 0 Å². The number of aromatic nitrogens is 1. The number of rotatable bonds is 4. The van der Waals surface area contributed by atoms with Gasteiger partial charge < -0.3 is 4.98 Å². The van der Waals surface area contributed by atoms with Gasteiger partial charge in [-0.25, -0.2) is 0 Å². The molecule has 0 saturated heterocycles. The Balaban J connectivity index is 1.46. The van der Waals surface area contributed by atoms with Gasteiger partial charge in [0.15, 0.2) is 0 Å². The molecule has 192 valence electrons. The Morgan fingerprint density at radius 3 is 1.39 bits per heavy atom. The van der Waals surface area contributed by atoms with Crippen LogP contribution in [0.5, 0.6) is 0 Å². The summed E-state index contributed by atoms with van der Waals surface area (Å²) in [5.41, 5.74) is 10.00. The van der Waals surface area contributed by atoms with E-state index in [2.05, 4.69) is 157 Å². The van der Waals surface area contributed by atoms with E-state index in [-0.39, 0.29) is 0 Å². The minimum Gasteiger partial charge on any atom is -0.367 e. The van der Waals surface area contributed by atoms with Crippen molar-refractivity contribution in [1.82, 2.24) is 4.98 Å². The topological polar surface area (TPSA) is 15.8 Å². The van der Waals surface area contributed by atoms with E-state index in [4.69, 9.17) is 0 Å². The third kappa shape index (κ3) is 3.78. The van der Waals surface area contributed by atoms with Gasteiger partial charge in [-0.2, -0.15) is 0 Å². The lowest BCUT2D eigenvalue weighted by molar-refractivity contribution is 1.41. The van der Waals surface area contributed by atoms with Crippen LogP contribution >= 0.6 is 0 Å². The number of benzene rings is 7. The first-order valence-corrected chi connectivity index (χ1v) is 14.1. The van der Waals surface area contributed by atoms with E-state index in [9.17, 15) is 0 Å². The third-order valence-electron chi connectivity index (χ3n) is 8.31. The summed E-state index contributed by atoms with van der Waals surface area (Å²) in [4.78, 5) is 3.23. The Morgan fingerprint density at radius 1 is 0.293 bits per heavy atom. The van der Waals surface area contributed by atoms with Crippen LogP contribution in [0.15, 0.2) is 158 Å². The predicted molar refractivity (Wildman–Crippen MR) is 175 cm³/mol. The largest absolute Gasteiger partial charge is 0.367 e. The second-order valence-electron chi connectivity index (χ2n) is 10.6. The molecule has 0 radical (unpaired) electrons. The number of H-pyrrole nitrogens is 1. The first-order chi connectivity index (χ1) is 20.4. The quantitative estimate of drug-likeness (QED) is 0.222. The second-order valence-corrected chi connectivity index (χ2v) is 10.6. The molecule has 1 heteroatoms. The molecule has 8 aromatic rings. The zero-order chi connectivity index (χ0) is 27.2. The molecule has 7 aromatic carbocycles. The molecule has 0 aliphatic rings. The molecular weight excluding hydrogens is 494 g/mol. The molecule has 1 N–H and O–H groups in total. The normalized spacial score (nSPS) is 11.4. The van der Waals surface area contributed by atoms with Crippen molar-refractivity contribution in [3.8, 4) is 44.5 Å². The molecule has 41 heavy (non-hydrogen) atoms. The summed E-state index contributed by atoms with van der Waals surface area (Å²) in [7, 11) is 0. The van der Waals surface area contributed by atoms with Gasteiger partial charge in [-0.3, -0.25) is 0 Å². The highest BCUT2D eigenvalue weighted by Crippen LogP contribution is 2.46. The van der Waals surface area contributed by atoms with Gasteiger partial charge in [-0.1, -0.05) is 140 Å². The summed E-state index contributed by atoms with van der Waals surface area (Å²) in [5.74, 6) is 0. The Morgan fingerprint density at radius 2 is 0.780 bits per heavy atom. The van der Waals surface area contributed by atoms with E-state index in [1.54, 1.807) is 0 Å². The number of nitrogens with one attached hydrogen (secondary N) is 1. The Kier molecular flexibility index (Phi) is 5.53. The Bertz CT molecular complexity index is 2130. The highest BCUT2D eigenvalue weighted by Gasteiger charge is 2.19. The van der Waals surface area contributed by atoms with E-state index in [1.807, 2.05) is 6.20 Å². The molecular formula is C40H27N. The van der Waals surface area contributed by atoms with Gasteiger partial charge in [-0.15, -0.1) is 0 Å². The Labute approximate surface area is 239 Å². The van der Waals surface area contributed by atoms with Gasteiger partial charge in [0.2, 0.25) is 0 Å². The fraction of sp³-hybridized carbons (Fsp3) is 0. The summed E-state index contributed by atoms with van der Waals surface area (Å²) >= 11 is 0. The lowest BCUT2D eigenvalue weighted by atomic mass is 9.83. The van der Waals surface area contributed by atoms with Gasteiger partial charge in [0.25, 0.3) is 0 Å². The molecule has 0 aliphatic heterocycles. The van der Waals surface area contributed by atoms with Gasteiger partial charge in [0.1, 0.15) is 0 Å². The average molecular weight is 522 g/mol. The number of fused-ring (bicyclic) bond motifs is 3. The van der Waals surface area contributed by atoms with Crippen molar-refractivity contribution in [2.24, 2.45) is 0 Å². The summed E-state index contributed by atoms with van der Waals surface area (Å²) in [6.45, 7) is 0. The average Bonchev–Trinajstić information content (AvgIpc) is 3.59. The SMILES string of the molecule is c1ccc(-c2c3ccccc3c(-c3ccc(-c4ccccc4-c4cc[nH]c4)c4ccccc34)c3ccccc23)cc1. The van der Waals surface area contributed by atoms with Gasteiger partial charge in [0.05, 0.1) is 0 Å². The zero-order valence-electron chi connectivity index (χ0n) is 22.5. The fourth-order valence-electron chi connectivity index (χ4n) is 6.55. The van der Waals surface area contributed by atoms with Crippen LogP contribution in [0, 0.1) is 0 Å². The highest BCUT2D eigenvalue weighted by molar-refractivity contribution is 6.24. The van der Waals surface area contributed by atoms with Crippen LogP contribution in [-0.2, 0) is 0 Å². The maximum Gasteiger partial charge on any atom is 0.00843 e. The van der Waals surface area contributed by atoms with Crippen molar-refractivity contribution in [3.05, 3.63) is 158 Å². The van der Waals surface area contributed by atoms with Crippen molar-refractivity contribution in [2.45, 2.75) is 0 Å². The molecule has 0 fully saturated rings.